The Morgan fingerprint density at radius 2 is 0.893 bits per heavy atom. The summed E-state index contributed by atoms with van der Waals surface area (Å²) in [5.41, 5.74) is 13.2. The van der Waals surface area contributed by atoms with Gasteiger partial charge in [0.15, 0.2) is 5.82 Å². The smallest absolute Gasteiger partial charge is 0.295 e. The maximum Gasteiger partial charge on any atom is 0.328 e. The van der Waals surface area contributed by atoms with E-state index in [9.17, 15) is 4.79 Å². The molecule has 2 aromatic heterocycles. The molecule has 0 aliphatic heterocycles. The van der Waals surface area contributed by atoms with Gasteiger partial charge in [-0.05, 0) is 79.2 Å². The lowest BCUT2D eigenvalue weighted by atomic mass is 9.84. The maximum absolute atomic E-state index is 12.9. The van der Waals surface area contributed by atoms with Crippen LogP contribution < -0.4 is 5.69 Å². The summed E-state index contributed by atoms with van der Waals surface area (Å²) in [5.74, 6) is 0.675. The van der Waals surface area contributed by atoms with Gasteiger partial charge in [0.05, 0.1) is 22.4 Å². The van der Waals surface area contributed by atoms with Crippen LogP contribution in [0.3, 0.4) is 0 Å². The number of hydrogen-bond donors (Lipinski definition) is 0. The molecule has 56 heavy (non-hydrogen) atoms. The Bertz CT molecular complexity index is 3120. The molecular weight excluding hydrogens is 685 g/mol. The van der Waals surface area contributed by atoms with Crippen molar-refractivity contribution in [2.24, 2.45) is 14.1 Å². The fourth-order valence-electron chi connectivity index (χ4n) is 8.25. The Labute approximate surface area is 324 Å². The molecule has 0 N–H and O–H groups in total. The fourth-order valence-corrected chi connectivity index (χ4v) is 8.25. The number of benzene rings is 8. The average molecular weight is 721 g/mol. The second-order valence-corrected chi connectivity index (χ2v) is 14.3. The van der Waals surface area contributed by atoms with Gasteiger partial charge in [-0.25, -0.2) is 14.8 Å². The van der Waals surface area contributed by atoms with E-state index in [0.717, 1.165) is 94.0 Å². The van der Waals surface area contributed by atoms with Gasteiger partial charge < -0.3 is 0 Å². The van der Waals surface area contributed by atoms with E-state index >= 15 is 0 Å². The van der Waals surface area contributed by atoms with E-state index in [1.807, 2.05) is 38.4 Å². The minimum absolute atomic E-state index is 0.0361. The van der Waals surface area contributed by atoms with Crippen LogP contribution in [0.25, 0.3) is 99.9 Å². The molecule has 0 bridgehead atoms. The van der Waals surface area contributed by atoms with E-state index in [1.165, 1.54) is 0 Å². The molecule has 0 unspecified atom stereocenters. The van der Waals surface area contributed by atoms with Crippen LogP contribution in [0.4, 0.5) is 0 Å². The molecule has 5 heteroatoms. The van der Waals surface area contributed by atoms with Crippen LogP contribution in [0.5, 0.6) is 0 Å². The van der Waals surface area contributed by atoms with E-state index in [2.05, 4.69) is 158 Å². The van der Waals surface area contributed by atoms with Crippen molar-refractivity contribution in [2.75, 3.05) is 0 Å². The summed E-state index contributed by atoms with van der Waals surface area (Å²) in [4.78, 5) is 23.4. The zero-order chi connectivity index (χ0) is 37.8. The van der Waals surface area contributed by atoms with Crippen molar-refractivity contribution in [3.8, 4) is 67.3 Å². The quantitative estimate of drug-likeness (QED) is 0.161. The number of nitrogens with zero attached hydrogens (tertiary/aromatic N) is 4. The minimum Gasteiger partial charge on any atom is -0.295 e. The Morgan fingerprint density at radius 1 is 0.375 bits per heavy atom. The highest BCUT2D eigenvalue weighted by atomic mass is 16.1. The summed E-state index contributed by atoms with van der Waals surface area (Å²) in [6, 6.07) is 63.7. The third kappa shape index (κ3) is 5.52. The van der Waals surface area contributed by atoms with Crippen molar-refractivity contribution in [1.82, 2.24) is 19.1 Å². The number of aryl methyl sites for hydroxylation is 2. The van der Waals surface area contributed by atoms with Crippen LogP contribution in [-0.2, 0) is 14.1 Å². The predicted molar refractivity (Wildman–Crippen MR) is 231 cm³/mol. The fraction of sp³-hybridized carbons (Fsp3) is 0.0392. The second kappa shape index (κ2) is 13.5. The number of hydrogen-bond acceptors (Lipinski definition) is 3. The first kappa shape index (κ1) is 33.2. The molecule has 266 valence electrons. The van der Waals surface area contributed by atoms with E-state index < -0.39 is 0 Å². The Balaban J connectivity index is 1.22. The van der Waals surface area contributed by atoms with Crippen LogP contribution in [0.15, 0.2) is 187 Å². The molecule has 0 radical (unpaired) electrons. The Kier molecular flexibility index (Phi) is 8.00. The number of imidazole rings is 1. The molecule has 0 fully saturated rings. The summed E-state index contributed by atoms with van der Waals surface area (Å²) >= 11 is 0. The molecule has 0 spiro atoms. The lowest BCUT2D eigenvalue weighted by molar-refractivity contribution is 0.795. The topological polar surface area (TPSA) is 52.7 Å². The molecule has 10 rings (SSSR count). The third-order valence-corrected chi connectivity index (χ3v) is 11.0. The number of aromatic nitrogens is 4. The van der Waals surface area contributed by atoms with Crippen LogP contribution in [0.2, 0.25) is 0 Å². The first-order valence-corrected chi connectivity index (χ1v) is 18.8. The van der Waals surface area contributed by atoms with Crippen molar-refractivity contribution in [2.45, 2.75) is 0 Å². The Hall–Kier alpha value is -7.37. The predicted octanol–water partition coefficient (Wildman–Crippen LogP) is 12.0. The van der Waals surface area contributed by atoms with E-state index in [-0.39, 0.29) is 5.69 Å². The van der Waals surface area contributed by atoms with Crippen LogP contribution in [-0.4, -0.2) is 19.1 Å². The van der Waals surface area contributed by atoms with Gasteiger partial charge in [0.25, 0.3) is 0 Å². The van der Waals surface area contributed by atoms with Gasteiger partial charge in [0.2, 0.25) is 0 Å². The second-order valence-electron chi connectivity index (χ2n) is 14.3. The van der Waals surface area contributed by atoms with E-state index in [1.54, 1.807) is 9.13 Å². The molecule has 0 aliphatic rings. The maximum atomic E-state index is 12.9. The SMILES string of the molecule is Cn1c(=O)n(C)c2cc(-c3c4ccccc4c(-c4ccccc4-c4cc(-c5cccc(-c6ccccc6)c5)nc(-c5ccccc5)n4)c4ccccc34)ccc21. The van der Waals surface area contributed by atoms with Gasteiger partial charge in [-0.1, -0.05) is 158 Å². The molecule has 5 nitrogen and oxygen atoms in total. The average Bonchev–Trinajstić information content (AvgIpc) is 3.48. The molecule has 8 aromatic carbocycles. The molecule has 0 saturated heterocycles. The zero-order valence-electron chi connectivity index (χ0n) is 31.0. The molecule has 0 saturated carbocycles. The monoisotopic (exact) mass is 720 g/mol. The minimum atomic E-state index is -0.0361. The van der Waals surface area contributed by atoms with Crippen molar-refractivity contribution >= 4 is 32.6 Å². The standard InChI is InChI=1S/C51H36N4O/c1-54-46-29-28-37(31-47(46)55(2)51(54)56)48-40-24-11-13-26-42(40)49(43-27-14-12-25-41(43)48)39-23-10-9-22-38(39)45-32-44(52-50(53-45)34-18-7-4-8-19-34)36-21-15-20-35(30-36)33-16-5-3-6-17-33/h3-32H,1-2H3. The summed E-state index contributed by atoms with van der Waals surface area (Å²) in [6.45, 7) is 0. The lowest BCUT2D eigenvalue weighted by Gasteiger charge is -2.20. The number of rotatable bonds is 6. The highest BCUT2D eigenvalue weighted by molar-refractivity contribution is 6.22. The molecule has 0 amide bonds. The third-order valence-electron chi connectivity index (χ3n) is 11.0. The van der Waals surface area contributed by atoms with Gasteiger partial charge in [-0.2, -0.15) is 0 Å². The normalized spacial score (nSPS) is 11.5. The molecular formula is C51H36N4O. The van der Waals surface area contributed by atoms with Crippen molar-refractivity contribution in [3.05, 3.63) is 192 Å². The highest BCUT2D eigenvalue weighted by Gasteiger charge is 2.21. The van der Waals surface area contributed by atoms with Gasteiger partial charge in [-0.15, -0.1) is 0 Å². The van der Waals surface area contributed by atoms with Gasteiger partial charge >= 0.3 is 5.69 Å². The van der Waals surface area contributed by atoms with Crippen LogP contribution >= 0.6 is 0 Å². The Morgan fingerprint density at radius 3 is 1.57 bits per heavy atom. The molecule has 10 aromatic rings. The summed E-state index contributed by atoms with van der Waals surface area (Å²) in [5, 5.41) is 4.57. The van der Waals surface area contributed by atoms with Crippen LogP contribution in [0, 0.1) is 0 Å². The van der Waals surface area contributed by atoms with Gasteiger partial charge in [0.1, 0.15) is 0 Å². The largest absolute Gasteiger partial charge is 0.328 e. The van der Waals surface area contributed by atoms with E-state index in [0.29, 0.717) is 5.82 Å². The zero-order valence-corrected chi connectivity index (χ0v) is 31.0. The molecule has 0 atom stereocenters. The summed E-state index contributed by atoms with van der Waals surface area (Å²) in [6.07, 6.45) is 0. The highest BCUT2D eigenvalue weighted by Crippen LogP contribution is 2.46. The first-order chi connectivity index (χ1) is 27.5. The summed E-state index contributed by atoms with van der Waals surface area (Å²) < 4.78 is 3.43. The van der Waals surface area contributed by atoms with Crippen LogP contribution in [0.1, 0.15) is 0 Å². The van der Waals surface area contributed by atoms with Gasteiger partial charge in [0, 0.05) is 30.8 Å². The molecule has 0 aliphatic carbocycles. The van der Waals surface area contributed by atoms with Crippen molar-refractivity contribution < 1.29 is 0 Å². The van der Waals surface area contributed by atoms with E-state index in [4.69, 9.17) is 9.97 Å². The first-order valence-electron chi connectivity index (χ1n) is 18.8. The summed E-state index contributed by atoms with van der Waals surface area (Å²) in [7, 11) is 3.67. The number of fused-ring (bicyclic) bond motifs is 3. The van der Waals surface area contributed by atoms with Gasteiger partial charge in [-0.3, -0.25) is 9.13 Å². The van der Waals surface area contributed by atoms with Crippen molar-refractivity contribution in [3.63, 3.8) is 0 Å². The lowest BCUT2D eigenvalue weighted by Crippen LogP contribution is -2.19. The van der Waals surface area contributed by atoms with Crippen molar-refractivity contribution in [1.29, 1.82) is 0 Å². The molecule has 2 heterocycles.